The van der Waals surface area contributed by atoms with E-state index in [1.54, 1.807) is 11.8 Å². The van der Waals surface area contributed by atoms with Gasteiger partial charge in [0.1, 0.15) is 13.1 Å². The van der Waals surface area contributed by atoms with Crippen LogP contribution in [0.2, 0.25) is 0 Å². The zero-order chi connectivity index (χ0) is 13.8. The number of benzene rings is 1. The van der Waals surface area contributed by atoms with Gasteiger partial charge in [0.15, 0.2) is 0 Å². The number of carbonyl (C=O) groups is 1. The SMILES string of the molecule is CC(=O)N1CC[NH+]=C1/C=C/c1ccc(N(C)C)cc1.[Br-]. The number of anilines is 1. The summed E-state index contributed by atoms with van der Waals surface area (Å²) in [5.74, 6) is 0.955. The molecule has 0 unspecified atom stereocenters. The van der Waals surface area contributed by atoms with Crippen molar-refractivity contribution in [2.24, 2.45) is 0 Å². The Labute approximate surface area is 130 Å². The first kappa shape index (κ1) is 16.4. The second-order valence-electron chi connectivity index (χ2n) is 4.80. The molecule has 1 amide bonds. The van der Waals surface area contributed by atoms with E-state index < -0.39 is 0 Å². The van der Waals surface area contributed by atoms with Crippen molar-refractivity contribution >= 4 is 23.5 Å². The van der Waals surface area contributed by atoms with Gasteiger partial charge in [-0.05, 0) is 23.8 Å². The predicted octanol–water partition coefficient (Wildman–Crippen LogP) is -2.89. The molecular formula is C15H20BrN3O. The molecule has 20 heavy (non-hydrogen) atoms. The van der Waals surface area contributed by atoms with Crippen LogP contribution in [0.1, 0.15) is 12.5 Å². The molecule has 0 spiro atoms. The molecule has 108 valence electrons. The molecule has 1 heterocycles. The molecule has 1 aliphatic heterocycles. The van der Waals surface area contributed by atoms with E-state index in [0.29, 0.717) is 0 Å². The van der Waals surface area contributed by atoms with E-state index in [1.165, 1.54) is 5.69 Å². The largest absolute Gasteiger partial charge is 1.00 e. The van der Waals surface area contributed by atoms with E-state index in [0.717, 1.165) is 24.5 Å². The van der Waals surface area contributed by atoms with E-state index in [9.17, 15) is 4.79 Å². The molecule has 0 atom stereocenters. The Morgan fingerprint density at radius 3 is 2.45 bits per heavy atom. The van der Waals surface area contributed by atoms with Crippen LogP contribution in [0, 0.1) is 0 Å². The summed E-state index contributed by atoms with van der Waals surface area (Å²) in [4.78, 5) is 18.5. The molecule has 1 aromatic carbocycles. The smallest absolute Gasteiger partial charge is 0.306 e. The van der Waals surface area contributed by atoms with Gasteiger partial charge in [-0.1, -0.05) is 12.1 Å². The van der Waals surface area contributed by atoms with Gasteiger partial charge in [0.25, 0.3) is 5.84 Å². The highest BCUT2D eigenvalue weighted by atomic mass is 79.9. The summed E-state index contributed by atoms with van der Waals surface area (Å²) in [6.07, 6.45) is 3.97. The van der Waals surface area contributed by atoms with Crippen molar-refractivity contribution in [2.45, 2.75) is 6.92 Å². The van der Waals surface area contributed by atoms with Crippen molar-refractivity contribution < 1.29 is 26.8 Å². The number of amidine groups is 1. The highest BCUT2D eigenvalue weighted by Gasteiger charge is 2.26. The molecule has 1 N–H and O–H groups in total. The summed E-state index contributed by atoms with van der Waals surface area (Å²) < 4.78 is 0. The number of rotatable bonds is 3. The lowest BCUT2D eigenvalue weighted by Gasteiger charge is -2.11. The van der Waals surface area contributed by atoms with Crippen LogP contribution in [-0.2, 0) is 4.79 Å². The van der Waals surface area contributed by atoms with E-state index in [2.05, 4.69) is 34.2 Å². The first-order chi connectivity index (χ1) is 9.08. The Kier molecular flexibility index (Phi) is 5.95. The van der Waals surface area contributed by atoms with Crippen molar-refractivity contribution in [3.8, 4) is 0 Å². The molecule has 0 aliphatic carbocycles. The summed E-state index contributed by atoms with van der Waals surface area (Å²) in [6.45, 7) is 3.15. The quantitative estimate of drug-likeness (QED) is 0.643. The van der Waals surface area contributed by atoms with Gasteiger partial charge >= 0.3 is 5.91 Å². The molecule has 5 heteroatoms. The summed E-state index contributed by atoms with van der Waals surface area (Å²) in [5.41, 5.74) is 2.30. The topological polar surface area (TPSA) is 37.5 Å². The van der Waals surface area contributed by atoms with E-state index in [1.807, 2.05) is 26.2 Å². The average Bonchev–Trinajstić information content (AvgIpc) is 2.85. The molecule has 1 aliphatic rings. The number of hydrogen-bond donors (Lipinski definition) is 1. The van der Waals surface area contributed by atoms with E-state index >= 15 is 0 Å². The number of carbonyl (C=O) groups excluding carboxylic acids is 1. The van der Waals surface area contributed by atoms with Crippen molar-refractivity contribution in [3.05, 3.63) is 35.9 Å². The standard InChI is InChI=1S/C15H19N3O.BrH/c1-12(19)18-11-10-16-15(18)9-6-13-4-7-14(8-5-13)17(2)3;/h4-9H,10-11H2,1-3H3;1H/b9-6+;. The maximum atomic E-state index is 11.4. The van der Waals surface area contributed by atoms with Crippen LogP contribution < -0.4 is 26.9 Å². The van der Waals surface area contributed by atoms with Crippen molar-refractivity contribution in [2.75, 3.05) is 32.1 Å². The van der Waals surface area contributed by atoms with Crippen LogP contribution in [0.15, 0.2) is 30.3 Å². The van der Waals surface area contributed by atoms with Gasteiger partial charge in [0.05, 0.1) is 0 Å². The van der Waals surface area contributed by atoms with Crippen molar-refractivity contribution in [3.63, 3.8) is 0 Å². The summed E-state index contributed by atoms with van der Waals surface area (Å²) in [6, 6.07) is 8.29. The van der Waals surface area contributed by atoms with Crippen LogP contribution in [0.5, 0.6) is 0 Å². The van der Waals surface area contributed by atoms with Crippen LogP contribution in [0.3, 0.4) is 0 Å². The molecular weight excluding hydrogens is 318 g/mol. The Bertz CT molecular complexity index is 520. The molecule has 0 radical (unpaired) electrons. The molecule has 1 aromatic rings. The third-order valence-corrected chi connectivity index (χ3v) is 3.16. The fourth-order valence-corrected chi connectivity index (χ4v) is 2.05. The summed E-state index contributed by atoms with van der Waals surface area (Å²) in [5, 5.41) is 0. The third kappa shape index (κ3) is 3.93. The minimum absolute atomic E-state index is 0. The molecule has 0 saturated heterocycles. The van der Waals surface area contributed by atoms with Crippen LogP contribution in [0.25, 0.3) is 6.08 Å². The van der Waals surface area contributed by atoms with Gasteiger partial charge in [0, 0.05) is 32.8 Å². The van der Waals surface area contributed by atoms with Gasteiger partial charge in [0.2, 0.25) is 0 Å². The minimum atomic E-state index is 0. The van der Waals surface area contributed by atoms with Crippen LogP contribution in [-0.4, -0.2) is 43.8 Å². The zero-order valence-corrected chi connectivity index (χ0v) is 13.6. The first-order valence-corrected chi connectivity index (χ1v) is 6.42. The monoisotopic (exact) mass is 337 g/mol. The second kappa shape index (κ2) is 7.24. The fourth-order valence-electron chi connectivity index (χ4n) is 2.05. The maximum absolute atomic E-state index is 11.4. The van der Waals surface area contributed by atoms with Gasteiger partial charge < -0.3 is 21.9 Å². The van der Waals surface area contributed by atoms with Gasteiger partial charge in [-0.25, -0.2) is 4.79 Å². The number of nitrogens with one attached hydrogen (secondary N) is 1. The molecule has 0 bridgehead atoms. The number of amides is 1. The molecule has 0 fully saturated rings. The fraction of sp³-hybridized carbons (Fsp3) is 0.333. The Balaban J connectivity index is 0.00000200. The summed E-state index contributed by atoms with van der Waals surface area (Å²) >= 11 is 0. The molecule has 2 rings (SSSR count). The Hall–Kier alpha value is -1.62. The maximum Gasteiger partial charge on any atom is 0.306 e. The van der Waals surface area contributed by atoms with Gasteiger partial charge in [-0.15, -0.1) is 0 Å². The second-order valence-corrected chi connectivity index (χ2v) is 4.80. The van der Waals surface area contributed by atoms with Crippen molar-refractivity contribution in [1.29, 1.82) is 0 Å². The zero-order valence-electron chi connectivity index (χ0n) is 12.1. The van der Waals surface area contributed by atoms with E-state index in [4.69, 9.17) is 0 Å². The molecule has 4 nitrogen and oxygen atoms in total. The van der Waals surface area contributed by atoms with Gasteiger partial charge in [-0.2, -0.15) is 4.90 Å². The first-order valence-electron chi connectivity index (χ1n) is 6.42. The Morgan fingerprint density at radius 2 is 1.90 bits per heavy atom. The lowest BCUT2D eigenvalue weighted by molar-refractivity contribution is -0.443. The number of halogens is 1. The molecule has 0 saturated carbocycles. The lowest BCUT2D eigenvalue weighted by atomic mass is 10.2. The minimum Gasteiger partial charge on any atom is -1.00 e. The van der Waals surface area contributed by atoms with Crippen LogP contribution in [0.4, 0.5) is 5.69 Å². The third-order valence-electron chi connectivity index (χ3n) is 3.16. The molecule has 0 aromatic heterocycles. The van der Waals surface area contributed by atoms with E-state index in [-0.39, 0.29) is 22.9 Å². The normalized spacial score (nSPS) is 14.2. The highest BCUT2D eigenvalue weighted by molar-refractivity contribution is 6.03. The predicted molar refractivity (Wildman–Crippen MR) is 78.0 cm³/mol. The number of nitrogens with zero attached hydrogens (tertiary/aromatic N) is 2. The van der Waals surface area contributed by atoms with Crippen LogP contribution >= 0.6 is 0 Å². The van der Waals surface area contributed by atoms with Crippen molar-refractivity contribution in [1.82, 2.24) is 4.90 Å². The summed E-state index contributed by atoms with van der Waals surface area (Å²) in [7, 11) is 4.04. The number of hydrogen-bond acceptors (Lipinski definition) is 2. The Morgan fingerprint density at radius 1 is 1.25 bits per heavy atom. The van der Waals surface area contributed by atoms with Gasteiger partial charge in [-0.3, -0.25) is 4.99 Å². The highest BCUT2D eigenvalue weighted by Crippen LogP contribution is 2.13. The lowest BCUT2D eigenvalue weighted by Crippen LogP contribution is -3.00. The average molecular weight is 338 g/mol.